The van der Waals surface area contributed by atoms with Crippen molar-refractivity contribution in [2.24, 2.45) is 4.74 Å². The molecule has 1 aliphatic rings. The topological polar surface area (TPSA) is 117 Å². The van der Waals surface area contributed by atoms with Gasteiger partial charge in [0.2, 0.25) is 0 Å². The molecule has 4 aromatic rings. The molecule has 0 spiro atoms. The van der Waals surface area contributed by atoms with Gasteiger partial charge < -0.3 is 20.1 Å². The maximum Gasteiger partial charge on any atom is 0.351 e. The molecule has 1 aromatic heterocycles. The second kappa shape index (κ2) is 10.3. The molecular weight excluding hydrogens is 477 g/mol. The lowest BCUT2D eigenvalue weighted by atomic mass is 10.1. The number of aliphatic hydroxyl groups excluding tert-OH is 3. The molecule has 0 bridgehead atoms. The summed E-state index contributed by atoms with van der Waals surface area (Å²) >= 11 is 0. The first-order valence-electron chi connectivity index (χ1n) is 11.6. The summed E-state index contributed by atoms with van der Waals surface area (Å²) in [6, 6.07) is 31.5. The van der Waals surface area contributed by atoms with Crippen molar-refractivity contribution in [1.29, 1.82) is 0 Å². The van der Waals surface area contributed by atoms with Gasteiger partial charge in [0.1, 0.15) is 18.3 Å². The first kappa shape index (κ1) is 24.3. The molecule has 8 nitrogen and oxygen atoms in total. The molecule has 0 radical (unpaired) electrons. The number of ether oxygens (including phenoxy) is 1. The van der Waals surface area contributed by atoms with Crippen LogP contribution in [0.5, 0.6) is 0 Å². The van der Waals surface area contributed by atoms with Gasteiger partial charge in [-0.3, -0.25) is 4.57 Å². The lowest BCUT2D eigenvalue weighted by Gasteiger charge is -2.26. The fourth-order valence-corrected chi connectivity index (χ4v) is 7.94. The van der Waals surface area contributed by atoms with Crippen LogP contribution in [0, 0.1) is 0 Å². The molecule has 3 N–H and O–H groups in total. The van der Waals surface area contributed by atoms with Gasteiger partial charge in [0.25, 0.3) is 0 Å². The van der Waals surface area contributed by atoms with E-state index in [9.17, 15) is 20.1 Å². The van der Waals surface area contributed by atoms with Crippen molar-refractivity contribution in [2.45, 2.75) is 24.5 Å². The molecule has 4 atom stereocenters. The molecule has 0 saturated carbocycles. The summed E-state index contributed by atoms with van der Waals surface area (Å²) in [5.74, 6) is 0.243. The summed E-state index contributed by atoms with van der Waals surface area (Å²) in [6.07, 6.45) is -3.40. The lowest BCUT2D eigenvalue weighted by Crippen LogP contribution is -2.35. The van der Waals surface area contributed by atoms with Gasteiger partial charge in [0.15, 0.2) is 12.0 Å². The summed E-state index contributed by atoms with van der Waals surface area (Å²) < 4.78 is 11.8. The Labute approximate surface area is 208 Å². The summed E-state index contributed by atoms with van der Waals surface area (Å²) in [5, 5.41) is 32.8. The van der Waals surface area contributed by atoms with Gasteiger partial charge >= 0.3 is 5.69 Å². The van der Waals surface area contributed by atoms with E-state index in [-0.39, 0.29) is 5.82 Å². The van der Waals surface area contributed by atoms with E-state index in [4.69, 9.17) is 9.48 Å². The van der Waals surface area contributed by atoms with Crippen LogP contribution in [-0.4, -0.2) is 49.8 Å². The minimum absolute atomic E-state index is 0.243. The highest BCUT2D eigenvalue weighted by Gasteiger charge is 2.43. The highest BCUT2D eigenvalue weighted by molar-refractivity contribution is 7.87. The highest BCUT2D eigenvalue weighted by atomic mass is 31.2. The summed E-state index contributed by atoms with van der Waals surface area (Å²) in [6.45, 7) is -0.484. The fraction of sp³-hybridized carbons (Fsp3) is 0.185. The highest BCUT2D eigenvalue weighted by Crippen LogP contribution is 2.48. The standard InChI is InChI=1S/C27H26N3O5P/c31-18-22-24(32)25(33)26(35-22)30-17-16-23(28-27(30)34)29-36(19-10-4-1-5-11-19,20-12-6-2-7-13-20)21-14-8-3-9-15-21/h1-17,22,24-26,31-33H,18H2/t22-,24-,25-,26-/m1/s1. The number of nitrogens with zero attached hydrogens (tertiary/aromatic N) is 3. The molecule has 0 amide bonds. The average Bonchev–Trinajstić information content (AvgIpc) is 3.22. The predicted octanol–water partition coefficient (Wildman–Crippen LogP) is 1.66. The smallest absolute Gasteiger partial charge is 0.351 e. The number of rotatable bonds is 6. The van der Waals surface area contributed by atoms with Gasteiger partial charge in [-0.1, -0.05) is 91.0 Å². The maximum atomic E-state index is 13.0. The molecule has 9 heteroatoms. The van der Waals surface area contributed by atoms with E-state index < -0.39 is 43.9 Å². The molecule has 36 heavy (non-hydrogen) atoms. The van der Waals surface area contributed by atoms with E-state index in [0.29, 0.717) is 0 Å². The minimum atomic E-state index is -2.61. The maximum absolute atomic E-state index is 13.0. The van der Waals surface area contributed by atoms with E-state index in [1.807, 2.05) is 91.0 Å². The number of aromatic nitrogens is 2. The van der Waals surface area contributed by atoms with E-state index in [1.165, 1.54) is 6.20 Å². The molecule has 3 aromatic carbocycles. The molecule has 2 heterocycles. The average molecular weight is 503 g/mol. The third-order valence-electron chi connectivity index (χ3n) is 6.25. The van der Waals surface area contributed by atoms with E-state index in [0.717, 1.165) is 20.5 Å². The minimum Gasteiger partial charge on any atom is -0.394 e. The van der Waals surface area contributed by atoms with E-state index in [2.05, 4.69) is 4.98 Å². The molecule has 5 rings (SSSR count). The van der Waals surface area contributed by atoms with Crippen molar-refractivity contribution < 1.29 is 20.1 Å². The Morgan fingerprint density at radius 3 is 1.72 bits per heavy atom. The van der Waals surface area contributed by atoms with Crippen LogP contribution in [0.4, 0.5) is 5.82 Å². The van der Waals surface area contributed by atoms with Gasteiger partial charge in [0.05, 0.1) is 13.7 Å². The Morgan fingerprint density at radius 1 is 0.806 bits per heavy atom. The summed E-state index contributed by atoms with van der Waals surface area (Å²) in [7, 11) is -2.61. The zero-order valence-corrected chi connectivity index (χ0v) is 20.2. The normalized spacial score (nSPS) is 21.9. The monoisotopic (exact) mass is 503 g/mol. The summed E-state index contributed by atoms with van der Waals surface area (Å²) in [4.78, 5) is 17.3. The Kier molecular flexibility index (Phi) is 6.96. The second-order valence-electron chi connectivity index (χ2n) is 8.45. The molecule has 1 saturated heterocycles. The number of hydrogen-bond acceptors (Lipinski definition) is 7. The van der Waals surface area contributed by atoms with Gasteiger partial charge in [-0.25, -0.2) is 9.54 Å². The Bertz CT molecular complexity index is 1330. The molecule has 0 aliphatic carbocycles. The molecule has 184 valence electrons. The van der Waals surface area contributed by atoms with E-state index in [1.54, 1.807) is 6.07 Å². The van der Waals surface area contributed by atoms with Crippen LogP contribution < -0.4 is 21.6 Å². The second-order valence-corrected chi connectivity index (χ2v) is 11.5. The van der Waals surface area contributed by atoms with Crippen molar-refractivity contribution in [3.8, 4) is 0 Å². The van der Waals surface area contributed by atoms with Crippen LogP contribution in [0.25, 0.3) is 0 Å². The zero-order valence-electron chi connectivity index (χ0n) is 19.3. The zero-order chi connectivity index (χ0) is 25.1. The van der Waals surface area contributed by atoms with E-state index >= 15 is 0 Å². The quantitative estimate of drug-likeness (QED) is 0.345. The van der Waals surface area contributed by atoms with Crippen molar-refractivity contribution in [3.05, 3.63) is 114 Å². The molecule has 1 fully saturated rings. The van der Waals surface area contributed by atoms with Crippen LogP contribution in [0.3, 0.4) is 0 Å². The van der Waals surface area contributed by atoms with Crippen molar-refractivity contribution >= 4 is 28.8 Å². The molecule has 0 unspecified atom stereocenters. The fourth-order valence-electron chi connectivity index (χ4n) is 4.47. The Balaban J connectivity index is 1.70. The summed E-state index contributed by atoms with van der Waals surface area (Å²) in [5.41, 5.74) is -0.682. The van der Waals surface area contributed by atoms with Crippen molar-refractivity contribution in [3.63, 3.8) is 0 Å². The number of benzene rings is 3. The van der Waals surface area contributed by atoms with Gasteiger partial charge in [-0.15, -0.1) is 0 Å². The number of aliphatic hydroxyl groups is 3. The molecule has 1 aliphatic heterocycles. The number of hydrogen-bond donors (Lipinski definition) is 3. The van der Waals surface area contributed by atoms with Crippen LogP contribution in [-0.2, 0) is 4.74 Å². The largest absolute Gasteiger partial charge is 0.394 e. The van der Waals surface area contributed by atoms with Crippen LogP contribution in [0.1, 0.15) is 6.23 Å². The van der Waals surface area contributed by atoms with Crippen LogP contribution in [0.2, 0.25) is 0 Å². The third-order valence-corrected chi connectivity index (χ3v) is 9.89. The lowest BCUT2D eigenvalue weighted by molar-refractivity contribution is -0.0549. The van der Waals surface area contributed by atoms with Crippen molar-refractivity contribution in [1.82, 2.24) is 9.55 Å². The SMILES string of the molecule is O=c1nc(N=P(c2ccccc2)(c2ccccc2)c2ccccc2)ccn1[C@@H]1O[C@H](CO)[C@@H](O)[C@H]1O. The van der Waals surface area contributed by atoms with Gasteiger partial charge in [-0.05, 0) is 6.07 Å². The van der Waals surface area contributed by atoms with Crippen LogP contribution >= 0.6 is 7.05 Å². The van der Waals surface area contributed by atoms with Crippen LogP contribution in [0.15, 0.2) is 113 Å². The predicted molar refractivity (Wildman–Crippen MR) is 139 cm³/mol. The Hall–Kier alpha value is -3.39. The van der Waals surface area contributed by atoms with Gasteiger partial charge in [-0.2, -0.15) is 4.98 Å². The molecular formula is C27H26N3O5P. The third kappa shape index (κ3) is 4.34. The first-order chi connectivity index (χ1) is 17.5. The van der Waals surface area contributed by atoms with Crippen molar-refractivity contribution in [2.75, 3.05) is 6.61 Å². The Morgan fingerprint density at radius 2 is 1.31 bits per heavy atom. The van der Waals surface area contributed by atoms with Gasteiger partial charge in [0, 0.05) is 22.1 Å². The first-order valence-corrected chi connectivity index (χ1v) is 13.3.